The van der Waals surface area contributed by atoms with Crippen LogP contribution in [-0.2, 0) is 11.0 Å². The highest BCUT2D eigenvalue weighted by molar-refractivity contribution is 9.10. The zero-order valence-electron chi connectivity index (χ0n) is 10.7. The lowest BCUT2D eigenvalue weighted by Gasteiger charge is -2.15. The van der Waals surface area contributed by atoms with Crippen molar-refractivity contribution in [3.05, 3.63) is 28.2 Å². The Morgan fingerprint density at radius 2 is 2.05 bits per heavy atom. The summed E-state index contributed by atoms with van der Waals surface area (Å²) >= 11 is 3.03. The molecule has 1 saturated heterocycles. The van der Waals surface area contributed by atoms with E-state index in [2.05, 4.69) is 26.6 Å². The molecule has 1 amide bonds. The van der Waals surface area contributed by atoms with Crippen molar-refractivity contribution in [2.24, 2.45) is 11.8 Å². The average Bonchev–Trinajstić information content (AvgIpc) is 2.73. The van der Waals surface area contributed by atoms with Crippen LogP contribution in [0.25, 0.3) is 0 Å². The molecule has 1 aliphatic heterocycles. The highest BCUT2D eigenvalue weighted by atomic mass is 79.9. The van der Waals surface area contributed by atoms with Crippen LogP contribution in [0.5, 0.6) is 0 Å². The van der Waals surface area contributed by atoms with Crippen LogP contribution in [0.15, 0.2) is 22.7 Å². The van der Waals surface area contributed by atoms with E-state index in [4.69, 9.17) is 0 Å². The van der Waals surface area contributed by atoms with Gasteiger partial charge < -0.3 is 10.6 Å². The Bertz CT molecular complexity index is 519. The molecule has 3 nitrogen and oxygen atoms in total. The topological polar surface area (TPSA) is 41.1 Å². The van der Waals surface area contributed by atoms with Crippen molar-refractivity contribution in [3.8, 4) is 0 Å². The van der Waals surface area contributed by atoms with Gasteiger partial charge in [0.25, 0.3) is 0 Å². The zero-order valence-corrected chi connectivity index (χ0v) is 12.3. The maximum atomic E-state index is 12.7. The molecule has 7 heteroatoms. The Morgan fingerprint density at radius 3 is 2.60 bits per heavy atom. The molecule has 1 aromatic carbocycles. The smallest absolute Gasteiger partial charge is 0.326 e. The van der Waals surface area contributed by atoms with Crippen LogP contribution >= 0.6 is 15.9 Å². The van der Waals surface area contributed by atoms with Crippen molar-refractivity contribution in [1.82, 2.24) is 5.32 Å². The summed E-state index contributed by atoms with van der Waals surface area (Å²) in [5, 5.41) is 5.64. The maximum Gasteiger partial charge on any atom is 0.416 e. The SMILES string of the molecule is CC1CNCC1C(=O)Nc1cc(Br)cc(C(F)(F)F)c1. The van der Waals surface area contributed by atoms with Gasteiger partial charge >= 0.3 is 6.18 Å². The second-order valence-electron chi connectivity index (χ2n) is 4.96. The fourth-order valence-electron chi connectivity index (χ4n) is 2.22. The second kappa shape index (κ2) is 5.73. The number of hydrogen-bond donors (Lipinski definition) is 2. The van der Waals surface area contributed by atoms with E-state index in [0.29, 0.717) is 6.54 Å². The normalized spacial score (nSPS) is 22.9. The first-order valence-electron chi connectivity index (χ1n) is 6.17. The molecule has 2 atom stereocenters. The van der Waals surface area contributed by atoms with Gasteiger partial charge in [0.05, 0.1) is 11.5 Å². The summed E-state index contributed by atoms with van der Waals surface area (Å²) in [6.07, 6.45) is -4.44. The van der Waals surface area contributed by atoms with Crippen molar-refractivity contribution in [1.29, 1.82) is 0 Å². The molecule has 0 aromatic heterocycles. The minimum absolute atomic E-state index is 0.149. The second-order valence-corrected chi connectivity index (χ2v) is 5.87. The van der Waals surface area contributed by atoms with E-state index in [1.165, 1.54) is 6.07 Å². The van der Waals surface area contributed by atoms with Gasteiger partial charge in [-0.1, -0.05) is 22.9 Å². The Morgan fingerprint density at radius 1 is 1.35 bits per heavy atom. The molecule has 110 valence electrons. The number of carbonyl (C=O) groups is 1. The first-order chi connectivity index (χ1) is 9.27. The third-order valence-electron chi connectivity index (χ3n) is 3.35. The standard InChI is InChI=1S/C13H14BrF3N2O/c1-7-5-18-6-11(7)12(20)19-10-3-8(13(15,16)17)2-9(14)4-10/h2-4,7,11,18H,5-6H2,1H3,(H,19,20). The Kier molecular flexibility index (Phi) is 4.39. The van der Waals surface area contributed by atoms with Gasteiger partial charge in [-0.3, -0.25) is 4.79 Å². The molecule has 1 aromatic rings. The van der Waals surface area contributed by atoms with E-state index in [-0.39, 0.29) is 27.9 Å². The molecular weight excluding hydrogens is 337 g/mol. The van der Waals surface area contributed by atoms with Crippen molar-refractivity contribution in [3.63, 3.8) is 0 Å². The quantitative estimate of drug-likeness (QED) is 0.859. The lowest BCUT2D eigenvalue weighted by Crippen LogP contribution is -2.28. The van der Waals surface area contributed by atoms with Crippen LogP contribution in [0.1, 0.15) is 12.5 Å². The fourth-order valence-corrected chi connectivity index (χ4v) is 2.71. The van der Waals surface area contributed by atoms with Crippen LogP contribution in [0.4, 0.5) is 18.9 Å². The first-order valence-corrected chi connectivity index (χ1v) is 6.96. The van der Waals surface area contributed by atoms with Crippen molar-refractivity contribution in [2.75, 3.05) is 18.4 Å². The summed E-state index contributed by atoms with van der Waals surface area (Å²) in [4.78, 5) is 12.0. The van der Waals surface area contributed by atoms with Gasteiger partial charge in [0.2, 0.25) is 5.91 Å². The van der Waals surface area contributed by atoms with E-state index in [1.807, 2.05) is 6.92 Å². The fraction of sp³-hybridized carbons (Fsp3) is 0.462. The molecule has 2 unspecified atom stereocenters. The monoisotopic (exact) mass is 350 g/mol. The van der Waals surface area contributed by atoms with Gasteiger partial charge in [-0.05, 0) is 30.7 Å². The number of hydrogen-bond acceptors (Lipinski definition) is 2. The minimum Gasteiger partial charge on any atom is -0.326 e. The lowest BCUT2D eigenvalue weighted by atomic mass is 9.97. The summed E-state index contributed by atoms with van der Waals surface area (Å²) < 4.78 is 38.4. The molecular formula is C13H14BrF3N2O. The predicted octanol–water partition coefficient (Wildman–Crippen LogP) is 3.26. The molecule has 1 fully saturated rings. The number of rotatable bonds is 2. The van der Waals surface area contributed by atoms with Crippen molar-refractivity contribution in [2.45, 2.75) is 13.1 Å². The lowest BCUT2D eigenvalue weighted by molar-refractivity contribution is -0.137. The van der Waals surface area contributed by atoms with E-state index in [1.54, 1.807) is 0 Å². The van der Waals surface area contributed by atoms with Crippen LogP contribution < -0.4 is 10.6 Å². The zero-order chi connectivity index (χ0) is 14.9. The average molecular weight is 351 g/mol. The number of carbonyl (C=O) groups excluding carboxylic acids is 1. The summed E-state index contributed by atoms with van der Waals surface area (Å²) in [5.74, 6) is -0.304. The molecule has 2 rings (SSSR count). The highest BCUT2D eigenvalue weighted by Crippen LogP contribution is 2.33. The minimum atomic E-state index is -4.44. The Balaban J connectivity index is 2.17. The molecule has 0 bridgehead atoms. The first kappa shape index (κ1) is 15.3. The van der Waals surface area contributed by atoms with E-state index < -0.39 is 11.7 Å². The molecule has 0 radical (unpaired) electrons. The number of alkyl halides is 3. The number of halogens is 4. The van der Waals surface area contributed by atoms with Crippen LogP contribution in [0.3, 0.4) is 0 Å². The molecule has 0 spiro atoms. The summed E-state index contributed by atoms with van der Waals surface area (Å²) in [7, 11) is 0. The van der Waals surface area contributed by atoms with Crippen LogP contribution in [0.2, 0.25) is 0 Å². The largest absolute Gasteiger partial charge is 0.416 e. The molecule has 1 heterocycles. The summed E-state index contributed by atoms with van der Waals surface area (Å²) in [5.41, 5.74) is -0.643. The predicted molar refractivity (Wildman–Crippen MR) is 73.3 cm³/mol. The molecule has 0 aliphatic carbocycles. The van der Waals surface area contributed by atoms with Crippen LogP contribution in [-0.4, -0.2) is 19.0 Å². The van der Waals surface area contributed by atoms with Gasteiger partial charge in [-0.15, -0.1) is 0 Å². The molecule has 0 saturated carbocycles. The van der Waals surface area contributed by atoms with Crippen molar-refractivity contribution < 1.29 is 18.0 Å². The van der Waals surface area contributed by atoms with Crippen molar-refractivity contribution >= 4 is 27.5 Å². The number of anilines is 1. The Labute approximate surface area is 123 Å². The summed E-state index contributed by atoms with van der Waals surface area (Å²) in [6, 6.07) is 3.38. The molecule has 2 N–H and O–H groups in total. The van der Waals surface area contributed by atoms with Gasteiger partial charge in [0.1, 0.15) is 0 Å². The highest BCUT2D eigenvalue weighted by Gasteiger charge is 2.32. The van der Waals surface area contributed by atoms with E-state index in [0.717, 1.165) is 18.7 Å². The van der Waals surface area contributed by atoms with E-state index >= 15 is 0 Å². The summed E-state index contributed by atoms with van der Waals surface area (Å²) in [6.45, 7) is 3.23. The van der Waals surface area contributed by atoms with Gasteiger partial charge in [-0.2, -0.15) is 13.2 Å². The number of amides is 1. The van der Waals surface area contributed by atoms with Gasteiger partial charge in [-0.25, -0.2) is 0 Å². The number of nitrogens with one attached hydrogen (secondary N) is 2. The third-order valence-corrected chi connectivity index (χ3v) is 3.80. The van der Waals surface area contributed by atoms with Crippen LogP contribution in [0, 0.1) is 11.8 Å². The Hall–Kier alpha value is -1.08. The third kappa shape index (κ3) is 3.52. The van der Waals surface area contributed by atoms with E-state index in [9.17, 15) is 18.0 Å². The molecule has 20 heavy (non-hydrogen) atoms. The van der Waals surface area contributed by atoms with Gasteiger partial charge in [0.15, 0.2) is 0 Å². The number of benzene rings is 1. The molecule has 1 aliphatic rings. The van der Waals surface area contributed by atoms with Gasteiger partial charge in [0, 0.05) is 16.7 Å². The maximum absolute atomic E-state index is 12.7.